The van der Waals surface area contributed by atoms with E-state index < -0.39 is 5.12 Å². The van der Waals surface area contributed by atoms with Gasteiger partial charge in [0.15, 0.2) is 5.84 Å². The predicted molar refractivity (Wildman–Crippen MR) is 47.8 cm³/mol. The molecule has 0 saturated heterocycles. The molecular weight excluding hydrogens is 162 g/mol. The monoisotopic (exact) mass is 167 g/mol. The summed E-state index contributed by atoms with van der Waals surface area (Å²) in [4.78, 5) is 15.5. The third kappa shape index (κ3) is 1.10. The van der Waals surface area contributed by atoms with Crippen molar-refractivity contribution in [3.8, 4) is 0 Å². The molecule has 0 saturated carbocycles. The minimum absolute atomic E-state index is 0.498. The van der Waals surface area contributed by atoms with Gasteiger partial charge < -0.3 is 0 Å². The fourth-order valence-corrected chi connectivity index (χ4v) is 0.940. The first-order chi connectivity index (χ1) is 5.17. The van der Waals surface area contributed by atoms with Crippen LogP contribution in [0.2, 0.25) is 0 Å². The van der Waals surface area contributed by atoms with Crippen LogP contribution in [0.15, 0.2) is 20.0 Å². The van der Waals surface area contributed by atoms with Gasteiger partial charge in [0.2, 0.25) is 0 Å². The number of nitrogens with zero attached hydrogens (tertiary/aromatic N) is 4. The molecule has 0 aromatic heterocycles. The Hall–Kier alpha value is -1.01. The number of nitrogens with two attached hydrogens (primary N) is 1. The van der Waals surface area contributed by atoms with E-state index >= 15 is 0 Å². The summed E-state index contributed by atoms with van der Waals surface area (Å²) in [5, 5.41) is -1.17. The van der Waals surface area contributed by atoms with Crippen molar-refractivity contribution in [2.75, 3.05) is 0 Å². The van der Waals surface area contributed by atoms with Crippen LogP contribution >= 0.6 is 12.6 Å². The third-order valence-electron chi connectivity index (χ3n) is 1.25. The maximum Gasteiger partial charge on any atom is 0.251 e. The van der Waals surface area contributed by atoms with E-state index in [9.17, 15) is 0 Å². The van der Waals surface area contributed by atoms with Gasteiger partial charge in [0.25, 0.3) is 5.12 Å². The highest BCUT2D eigenvalue weighted by Crippen LogP contribution is 2.15. The lowest BCUT2D eigenvalue weighted by molar-refractivity contribution is 0.694. The number of thiol groups is 1. The Morgan fingerprint density at radius 3 is 3.18 bits per heavy atom. The van der Waals surface area contributed by atoms with Crippen molar-refractivity contribution in [3.05, 3.63) is 0 Å². The number of amidine groups is 1. The molecule has 0 aromatic rings. The summed E-state index contributed by atoms with van der Waals surface area (Å²) in [6.45, 7) is 0. The number of hydrogen-bond donors (Lipinski definition) is 2. The predicted octanol–water partition coefficient (Wildman–Crippen LogP) is -0.548. The molecule has 56 valence electrons. The molecule has 5 nitrogen and oxygen atoms in total. The van der Waals surface area contributed by atoms with Crippen LogP contribution in [0.1, 0.15) is 0 Å². The van der Waals surface area contributed by atoms with Crippen LogP contribution in [-0.4, -0.2) is 29.2 Å². The van der Waals surface area contributed by atoms with Gasteiger partial charge >= 0.3 is 0 Å². The molecule has 0 amide bonds. The van der Waals surface area contributed by atoms with Crippen LogP contribution in [0.4, 0.5) is 0 Å². The zero-order chi connectivity index (χ0) is 7.90. The average molecular weight is 167 g/mol. The van der Waals surface area contributed by atoms with Gasteiger partial charge in [-0.25, -0.2) is 20.0 Å². The van der Waals surface area contributed by atoms with Gasteiger partial charge in [-0.3, -0.25) is 5.73 Å². The Balaban J connectivity index is 2.45. The van der Waals surface area contributed by atoms with Crippen LogP contribution in [-0.2, 0) is 0 Å². The molecule has 1 atom stereocenters. The molecule has 2 rings (SSSR count). The maximum atomic E-state index is 5.48. The zero-order valence-corrected chi connectivity index (χ0v) is 6.36. The highest BCUT2D eigenvalue weighted by atomic mass is 32.1. The summed E-state index contributed by atoms with van der Waals surface area (Å²) in [5.41, 5.74) is 6.12. The normalized spacial score (nSPS) is 33.3. The van der Waals surface area contributed by atoms with Gasteiger partial charge in [-0.15, -0.1) is 12.6 Å². The van der Waals surface area contributed by atoms with E-state index in [2.05, 4.69) is 32.6 Å². The van der Waals surface area contributed by atoms with E-state index in [1.807, 2.05) is 0 Å². The maximum absolute atomic E-state index is 5.48. The van der Waals surface area contributed by atoms with Crippen molar-refractivity contribution >= 4 is 36.7 Å². The molecule has 1 unspecified atom stereocenters. The Morgan fingerprint density at radius 1 is 1.55 bits per heavy atom. The molecule has 0 bridgehead atoms. The fourth-order valence-electron chi connectivity index (χ4n) is 0.788. The number of aliphatic imine (C=N–C) groups is 4. The van der Waals surface area contributed by atoms with E-state index in [0.29, 0.717) is 11.5 Å². The molecular formula is C5H5N5S. The van der Waals surface area contributed by atoms with Gasteiger partial charge in [0, 0.05) is 0 Å². The van der Waals surface area contributed by atoms with Gasteiger partial charge in [-0.05, 0) is 0 Å². The second-order valence-corrected chi connectivity index (χ2v) is 2.80. The summed E-state index contributed by atoms with van der Waals surface area (Å²) >= 11 is 3.96. The first kappa shape index (κ1) is 6.68. The lowest BCUT2D eigenvalue weighted by Gasteiger charge is -2.16. The summed E-state index contributed by atoms with van der Waals surface area (Å²) in [7, 11) is 0. The van der Waals surface area contributed by atoms with Crippen molar-refractivity contribution in [2.45, 2.75) is 5.12 Å². The van der Waals surface area contributed by atoms with E-state index in [1.165, 1.54) is 12.6 Å². The lowest BCUT2D eigenvalue weighted by atomic mass is 10.3. The van der Waals surface area contributed by atoms with Crippen molar-refractivity contribution in [2.24, 2.45) is 25.7 Å². The topological polar surface area (TPSA) is 75.5 Å². The first-order valence-corrected chi connectivity index (χ1v) is 3.39. The molecule has 2 N–H and O–H groups in total. The van der Waals surface area contributed by atoms with Gasteiger partial charge in [0.05, 0.1) is 6.21 Å². The largest absolute Gasteiger partial charge is 0.279 e. The van der Waals surface area contributed by atoms with Gasteiger partial charge in [-0.2, -0.15) is 0 Å². The zero-order valence-electron chi connectivity index (χ0n) is 5.47. The van der Waals surface area contributed by atoms with Crippen LogP contribution in [0.5, 0.6) is 0 Å². The molecule has 2 heterocycles. The minimum atomic E-state index is -1.17. The standard InChI is InChI=1S/C5H5N5S/c6-5(11)9-1-3-4(10-5)8-2-7-3/h1-2,11H,6H2. The van der Waals surface area contributed by atoms with Crippen LogP contribution in [0, 0.1) is 0 Å². The van der Waals surface area contributed by atoms with Crippen molar-refractivity contribution in [1.82, 2.24) is 0 Å². The number of rotatable bonds is 0. The molecule has 0 aliphatic carbocycles. The Morgan fingerprint density at radius 2 is 2.36 bits per heavy atom. The highest BCUT2D eigenvalue weighted by Gasteiger charge is 2.24. The second kappa shape index (κ2) is 1.99. The quantitative estimate of drug-likeness (QED) is 0.368. The molecule has 6 heteroatoms. The second-order valence-electron chi connectivity index (χ2n) is 2.14. The van der Waals surface area contributed by atoms with E-state index in [0.717, 1.165) is 0 Å². The molecule has 0 radical (unpaired) electrons. The van der Waals surface area contributed by atoms with Crippen molar-refractivity contribution in [1.29, 1.82) is 0 Å². The Kier molecular flexibility index (Phi) is 1.21. The van der Waals surface area contributed by atoms with Crippen LogP contribution < -0.4 is 5.73 Å². The summed E-state index contributed by atoms with van der Waals surface area (Å²) in [6, 6.07) is 0. The highest BCUT2D eigenvalue weighted by molar-refractivity contribution is 7.81. The van der Waals surface area contributed by atoms with Crippen molar-refractivity contribution < 1.29 is 0 Å². The Bertz CT molecular complexity index is 311. The first-order valence-electron chi connectivity index (χ1n) is 2.94. The van der Waals surface area contributed by atoms with Gasteiger partial charge in [0.1, 0.15) is 12.1 Å². The van der Waals surface area contributed by atoms with Crippen molar-refractivity contribution in [3.63, 3.8) is 0 Å². The smallest absolute Gasteiger partial charge is 0.251 e. The molecule has 11 heavy (non-hydrogen) atoms. The van der Waals surface area contributed by atoms with Gasteiger partial charge in [-0.1, -0.05) is 0 Å². The Labute approximate surface area is 68.3 Å². The van der Waals surface area contributed by atoms with E-state index in [-0.39, 0.29) is 0 Å². The fraction of sp³-hybridized carbons (Fsp3) is 0.200. The van der Waals surface area contributed by atoms with E-state index in [4.69, 9.17) is 5.73 Å². The minimum Gasteiger partial charge on any atom is -0.279 e. The average Bonchev–Trinajstić information content (AvgIpc) is 2.31. The van der Waals surface area contributed by atoms with Crippen LogP contribution in [0.3, 0.4) is 0 Å². The molecule has 0 spiro atoms. The summed E-state index contributed by atoms with van der Waals surface area (Å²) in [6.07, 6.45) is 2.93. The summed E-state index contributed by atoms with van der Waals surface area (Å²) < 4.78 is 0. The summed E-state index contributed by atoms with van der Waals surface area (Å²) in [5.74, 6) is 0.498. The molecule has 2 aliphatic heterocycles. The number of fused-ring (bicyclic) bond motifs is 1. The lowest BCUT2D eigenvalue weighted by Crippen LogP contribution is -2.35. The van der Waals surface area contributed by atoms with E-state index in [1.54, 1.807) is 0 Å². The third-order valence-corrected chi connectivity index (χ3v) is 1.47. The number of hydrogen-bond acceptors (Lipinski definition) is 6. The molecule has 0 fully saturated rings. The SMILES string of the molecule is NC1(S)N=CC2=NC=NC2=N1. The molecule has 2 aliphatic rings. The van der Waals surface area contributed by atoms with Crippen LogP contribution in [0.25, 0.3) is 0 Å². The molecule has 0 aromatic carbocycles.